The average molecular weight is 397 g/mol. The number of halogens is 1. The Hall–Kier alpha value is -2.26. The quantitative estimate of drug-likeness (QED) is 0.656. The van der Waals surface area contributed by atoms with E-state index in [4.69, 9.17) is 11.6 Å². The third-order valence-electron chi connectivity index (χ3n) is 5.30. The minimum absolute atomic E-state index is 0.0716. The molecular weight excluding hydrogens is 368 g/mol. The number of anilines is 1. The third-order valence-corrected chi connectivity index (χ3v) is 5.53. The van der Waals surface area contributed by atoms with Gasteiger partial charge in [-0.25, -0.2) is 0 Å². The highest BCUT2D eigenvalue weighted by Gasteiger charge is 2.21. The Bertz CT molecular complexity index is 857. The summed E-state index contributed by atoms with van der Waals surface area (Å²) >= 11 is 6.15. The lowest BCUT2D eigenvalue weighted by atomic mass is 9.87. The summed E-state index contributed by atoms with van der Waals surface area (Å²) in [6, 6.07) is 14.4. The lowest BCUT2D eigenvalue weighted by Crippen LogP contribution is -2.48. The van der Waals surface area contributed by atoms with E-state index in [1.807, 2.05) is 29.2 Å². The summed E-state index contributed by atoms with van der Waals surface area (Å²) in [6.45, 7) is 11.8. The number of hydrogen-bond acceptors (Lipinski definition) is 2. The number of aryl methyl sites for hydroxylation is 1. The van der Waals surface area contributed by atoms with Crippen LogP contribution in [0.4, 0.5) is 5.69 Å². The average Bonchev–Trinajstić information content (AvgIpc) is 2.68. The van der Waals surface area contributed by atoms with E-state index in [1.165, 1.54) is 11.1 Å². The predicted molar refractivity (Wildman–Crippen MR) is 119 cm³/mol. The molecule has 0 unspecified atom stereocenters. The van der Waals surface area contributed by atoms with Crippen LogP contribution in [0.15, 0.2) is 48.5 Å². The third kappa shape index (κ3) is 4.96. The van der Waals surface area contributed by atoms with E-state index in [9.17, 15) is 4.79 Å². The van der Waals surface area contributed by atoms with Gasteiger partial charge in [0.15, 0.2) is 0 Å². The molecule has 28 heavy (non-hydrogen) atoms. The number of carbonyl (C=O) groups is 1. The lowest BCUT2D eigenvalue weighted by molar-refractivity contribution is -0.126. The second-order valence-electron chi connectivity index (χ2n) is 8.45. The maximum Gasteiger partial charge on any atom is 0.246 e. The van der Waals surface area contributed by atoms with Gasteiger partial charge in [0.05, 0.1) is 0 Å². The molecule has 2 aromatic carbocycles. The smallest absolute Gasteiger partial charge is 0.246 e. The molecule has 0 atom stereocenters. The minimum Gasteiger partial charge on any atom is -0.368 e. The van der Waals surface area contributed by atoms with Crippen molar-refractivity contribution in [1.29, 1.82) is 0 Å². The number of carbonyl (C=O) groups excluding carboxylic acids is 1. The van der Waals surface area contributed by atoms with Crippen LogP contribution in [0, 0.1) is 6.92 Å². The van der Waals surface area contributed by atoms with Crippen LogP contribution in [0.2, 0.25) is 5.02 Å². The van der Waals surface area contributed by atoms with Crippen molar-refractivity contribution < 1.29 is 4.79 Å². The molecular formula is C24H29ClN2O. The van der Waals surface area contributed by atoms with Crippen LogP contribution < -0.4 is 4.90 Å². The van der Waals surface area contributed by atoms with Crippen molar-refractivity contribution in [3.63, 3.8) is 0 Å². The first-order chi connectivity index (χ1) is 13.2. The first kappa shape index (κ1) is 20.5. The Morgan fingerprint density at radius 1 is 1.00 bits per heavy atom. The fraction of sp³-hybridized carbons (Fsp3) is 0.375. The SMILES string of the molecule is Cc1ccc(Cl)cc1N1CCN(C(=O)/C=C/c2ccc(C(C)(C)C)cc2)CC1. The maximum absolute atomic E-state index is 12.6. The van der Waals surface area contributed by atoms with Crippen LogP contribution in [-0.2, 0) is 10.2 Å². The predicted octanol–water partition coefficient (Wildman–Crippen LogP) is 5.31. The molecule has 148 valence electrons. The molecule has 1 heterocycles. The molecule has 1 saturated heterocycles. The highest BCUT2D eigenvalue weighted by atomic mass is 35.5. The lowest BCUT2D eigenvalue weighted by Gasteiger charge is -2.36. The van der Waals surface area contributed by atoms with E-state index >= 15 is 0 Å². The van der Waals surface area contributed by atoms with Gasteiger partial charge in [0.25, 0.3) is 0 Å². The zero-order valence-corrected chi connectivity index (χ0v) is 18.0. The first-order valence-corrected chi connectivity index (χ1v) is 10.2. The van der Waals surface area contributed by atoms with Gasteiger partial charge in [-0.3, -0.25) is 4.79 Å². The van der Waals surface area contributed by atoms with E-state index in [-0.39, 0.29) is 11.3 Å². The number of hydrogen-bond donors (Lipinski definition) is 0. The molecule has 3 rings (SSSR count). The normalized spacial score (nSPS) is 15.3. The Morgan fingerprint density at radius 3 is 2.25 bits per heavy atom. The van der Waals surface area contributed by atoms with Gasteiger partial charge in [-0.15, -0.1) is 0 Å². The minimum atomic E-state index is 0.0716. The van der Waals surface area contributed by atoms with Gasteiger partial charge < -0.3 is 9.80 Å². The van der Waals surface area contributed by atoms with Crippen LogP contribution in [-0.4, -0.2) is 37.0 Å². The number of amides is 1. The molecule has 0 bridgehead atoms. The van der Waals surface area contributed by atoms with Crippen LogP contribution in [0.1, 0.15) is 37.5 Å². The maximum atomic E-state index is 12.6. The highest BCUT2D eigenvalue weighted by molar-refractivity contribution is 6.30. The monoisotopic (exact) mass is 396 g/mol. The molecule has 1 fully saturated rings. The largest absolute Gasteiger partial charge is 0.368 e. The topological polar surface area (TPSA) is 23.6 Å². The summed E-state index contributed by atoms with van der Waals surface area (Å²) in [5, 5.41) is 0.750. The zero-order valence-electron chi connectivity index (χ0n) is 17.2. The molecule has 3 nitrogen and oxygen atoms in total. The Balaban J connectivity index is 1.58. The molecule has 4 heteroatoms. The molecule has 2 aromatic rings. The van der Waals surface area contributed by atoms with Crippen LogP contribution >= 0.6 is 11.6 Å². The van der Waals surface area contributed by atoms with E-state index in [0.29, 0.717) is 0 Å². The van der Waals surface area contributed by atoms with Crippen molar-refractivity contribution in [2.24, 2.45) is 0 Å². The summed E-state index contributed by atoms with van der Waals surface area (Å²) in [4.78, 5) is 16.8. The van der Waals surface area contributed by atoms with E-state index in [2.05, 4.69) is 56.9 Å². The molecule has 1 aliphatic rings. The zero-order chi connectivity index (χ0) is 20.3. The number of benzene rings is 2. The van der Waals surface area contributed by atoms with Crippen molar-refractivity contribution in [2.75, 3.05) is 31.1 Å². The van der Waals surface area contributed by atoms with E-state index < -0.39 is 0 Å². The second-order valence-corrected chi connectivity index (χ2v) is 8.88. The molecule has 1 aliphatic heterocycles. The van der Waals surface area contributed by atoms with Gasteiger partial charge in [-0.05, 0) is 47.2 Å². The van der Waals surface area contributed by atoms with E-state index in [0.717, 1.165) is 42.5 Å². The van der Waals surface area contributed by atoms with Crippen molar-refractivity contribution in [3.8, 4) is 0 Å². The van der Waals surface area contributed by atoms with Crippen LogP contribution in [0.25, 0.3) is 6.08 Å². The van der Waals surface area contributed by atoms with Gasteiger partial charge in [-0.2, -0.15) is 0 Å². The van der Waals surface area contributed by atoms with Crippen molar-refractivity contribution in [2.45, 2.75) is 33.1 Å². The van der Waals surface area contributed by atoms with E-state index in [1.54, 1.807) is 6.08 Å². The Labute approximate surface area is 173 Å². The fourth-order valence-corrected chi connectivity index (χ4v) is 3.62. The number of rotatable bonds is 3. The fourth-order valence-electron chi connectivity index (χ4n) is 3.46. The number of piperazine rings is 1. The standard InChI is InChI=1S/C24H29ClN2O/c1-18-5-11-21(25)17-22(18)26-13-15-27(16-14-26)23(28)12-8-19-6-9-20(10-7-19)24(2,3)4/h5-12,17H,13-16H2,1-4H3/b12-8+. The summed E-state index contributed by atoms with van der Waals surface area (Å²) in [7, 11) is 0. The van der Waals surface area contributed by atoms with Gasteiger partial charge >= 0.3 is 0 Å². The molecule has 1 amide bonds. The van der Waals surface area contributed by atoms with Gasteiger partial charge in [-0.1, -0.05) is 62.7 Å². The van der Waals surface area contributed by atoms with Crippen molar-refractivity contribution >= 4 is 29.3 Å². The van der Waals surface area contributed by atoms with Crippen molar-refractivity contribution in [3.05, 3.63) is 70.3 Å². The molecule has 0 N–H and O–H groups in total. The van der Waals surface area contributed by atoms with Crippen LogP contribution in [0.3, 0.4) is 0 Å². The van der Waals surface area contributed by atoms with Gasteiger partial charge in [0.2, 0.25) is 5.91 Å². The summed E-state index contributed by atoms with van der Waals surface area (Å²) in [6.07, 6.45) is 3.59. The highest BCUT2D eigenvalue weighted by Crippen LogP contribution is 2.25. The number of nitrogens with zero attached hydrogens (tertiary/aromatic N) is 2. The summed E-state index contributed by atoms with van der Waals surface area (Å²) < 4.78 is 0. The first-order valence-electron chi connectivity index (χ1n) is 9.83. The van der Waals surface area contributed by atoms with Crippen LogP contribution in [0.5, 0.6) is 0 Å². The Morgan fingerprint density at radius 2 is 1.64 bits per heavy atom. The molecule has 0 saturated carbocycles. The summed E-state index contributed by atoms with van der Waals surface area (Å²) in [5.74, 6) is 0.0716. The van der Waals surface area contributed by atoms with Crippen molar-refractivity contribution in [1.82, 2.24) is 4.90 Å². The summed E-state index contributed by atoms with van der Waals surface area (Å²) in [5.41, 5.74) is 4.86. The molecule has 0 aliphatic carbocycles. The molecule has 0 aromatic heterocycles. The second kappa shape index (κ2) is 8.40. The molecule has 0 spiro atoms. The Kier molecular flexibility index (Phi) is 6.14. The van der Waals surface area contributed by atoms with Gasteiger partial charge in [0.1, 0.15) is 0 Å². The van der Waals surface area contributed by atoms with Gasteiger partial charge in [0, 0.05) is 43.0 Å². The molecule has 0 radical (unpaired) electrons.